The Kier molecular flexibility index (Phi) is 3.77. The summed E-state index contributed by atoms with van der Waals surface area (Å²) in [5.41, 5.74) is 2.13. The minimum atomic E-state index is 0.609. The van der Waals surface area contributed by atoms with Crippen LogP contribution in [0.5, 0.6) is 5.88 Å². The van der Waals surface area contributed by atoms with Crippen LogP contribution >= 0.6 is 0 Å². The van der Waals surface area contributed by atoms with Crippen LogP contribution in [0.2, 0.25) is 0 Å². The van der Waals surface area contributed by atoms with Gasteiger partial charge in [0, 0.05) is 17.8 Å². The van der Waals surface area contributed by atoms with Crippen LogP contribution in [-0.4, -0.2) is 18.6 Å². The second-order valence-electron chi connectivity index (χ2n) is 3.62. The van der Waals surface area contributed by atoms with E-state index in [-0.39, 0.29) is 0 Å². The molecule has 4 nitrogen and oxygen atoms in total. The molecule has 0 fully saturated rings. The summed E-state index contributed by atoms with van der Waals surface area (Å²) in [4.78, 5) is 4.09. The molecule has 0 spiro atoms. The maximum Gasteiger partial charge on any atom is 0.213 e. The largest absolute Gasteiger partial charge is 0.481 e. The van der Waals surface area contributed by atoms with Crippen molar-refractivity contribution in [1.29, 1.82) is 0 Å². The summed E-state index contributed by atoms with van der Waals surface area (Å²) in [5.74, 6) is 1.54. The van der Waals surface area contributed by atoms with Crippen molar-refractivity contribution in [1.82, 2.24) is 10.3 Å². The topological polar surface area (TPSA) is 47.3 Å². The third-order valence-corrected chi connectivity index (χ3v) is 2.54. The Morgan fingerprint density at radius 3 is 3.06 bits per heavy atom. The zero-order valence-corrected chi connectivity index (χ0v) is 10.1. The molecule has 0 aliphatic carbocycles. The van der Waals surface area contributed by atoms with E-state index >= 15 is 0 Å². The fraction of sp³-hybridized carbons (Fsp3) is 0.308. The Morgan fingerprint density at radius 2 is 2.29 bits per heavy atom. The van der Waals surface area contributed by atoms with E-state index < -0.39 is 0 Å². The fourth-order valence-corrected chi connectivity index (χ4v) is 1.66. The lowest BCUT2D eigenvalue weighted by Gasteiger charge is -2.05. The van der Waals surface area contributed by atoms with E-state index in [1.54, 1.807) is 19.6 Å². The Hall–Kier alpha value is -1.81. The van der Waals surface area contributed by atoms with Crippen molar-refractivity contribution < 1.29 is 9.15 Å². The number of pyridine rings is 1. The van der Waals surface area contributed by atoms with Crippen molar-refractivity contribution in [2.75, 3.05) is 13.7 Å². The van der Waals surface area contributed by atoms with Gasteiger partial charge in [-0.05, 0) is 24.2 Å². The molecule has 1 N–H and O–H groups in total. The van der Waals surface area contributed by atoms with E-state index in [0.29, 0.717) is 5.88 Å². The van der Waals surface area contributed by atoms with E-state index in [1.165, 1.54) is 0 Å². The highest BCUT2D eigenvalue weighted by atomic mass is 16.5. The summed E-state index contributed by atoms with van der Waals surface area (Å²) >= 11 is 0. The van der Waals surface area contributed by atoms with Crippen molar-refractivity contribution in [2.45, 2.75) is 13.5 Å². The third-order valence-electron chi connectivity index (χ3n) is 2.54. The number of methoxy groups -OCH3 is 1. The van der Waals surface area contributed by atoms with Gasteiger partial charge in [-0.3, -0.25) is 0 Å². The Balaban J connectivity index is 2.28. The van der Waals surface area contributed by atoms with Gasteiger partial charge in [0.15, 0.2) is 0 Å². The average molecular weight is 232 g/mol. The molecular formula is C13H16N2O2. The zero-order valence-electron chi connectivity index (χ0n) is 10.1. The molecule has 0 amide bonds. The number of ether oxygens (including phenoxy) is 1. The Labute approximate surface area is 101 Å². The molecule has 2 aromatic heterocycles. The highest BCUT2D eigenvalue weighted by molar-refractivity contribution is 5.66. The van der Waals surface area contributed by atoms with Gasteiger partial charge in [0.25, 0.3) is 0 Å². The average Bonchev–Trinajstić information content (AvgIpc) is 2.84. The van der Waals surface area contributed by atoms with Gasteiger partial charge in [0.05, 0.1) is 19.9 Å². The summed E-state index contributed by atoms with van der Waals surface area (Å²) in [6.45, 7) is 3.71. The first-order valence-corrected chi connectivity index (χ1v) is 5.62. The summed E-state index contributed by atoms with van der Waals surface area (Å²) in [5, 5.41) is 3.25. The monoisotopic (exact) mass is 232 g/mol. The molecule has 0 radical (unpaired) electrons. The van der Waals surface area contributed by atoms with Gasteiger partial charge in [0.1, 0.15) is 5.76 Å². The standard InChI is InChI=1S/C13H16N2O2/c1-3-14-9-12-11(5-7-17-12)10-4-6-15-13(8-10)16-2/h4-8,14H,3,9H2,1-2H3. The molecule has 17 heavy (non-hydrogen) atoms. The molecule has 0 aliphatic rings. The van der Waals surface area contributed by atoms with E-state index in [0.717, 1.165) is 30.0 Å². The minimum Gasteiger partial charge on any atom is -0.481 e. The quantitative estimate of drug-likeness (QED) is 0.860. The first-order chi connectivity index (χ1) is 8.35. The molecule has 2 heterocycles. The lowest BCUT2D eigenvalue weighted by atomic mass is 10.1. The summed E-state index contributed by atoms with van der Waals surface area (Å²) in [6.07, 6.45) is 3.44. The van der Waals surface area contributed by atoms with E-state index in [4.69, 9.17) is 9.15 Å². The van der Waals surface area contributed by atoms with Crippen LogP contribution in [0, 0.1) is 0 Å². The van der Waals surface area contributed by atoms with Crippen LogP contribution in [0.3, 0.4) is 0 Å². The molecule has 4 heteroatoms. The van der Waals surface area contributed by atoms with E-state index in [2.05, 4.69) is 17.2 Å². The van der Waals surface area contributed by atoms with Crippen molar-refractivity contribution >= 4 is 0 Å². The molecule has 0 saturated carbocycles. The summed E-state index contributed by atoms with van der Waals surface area (Å²) in [7, 11) is 1.61. The predicted molar refractivity (Wildman–Crippen MR) is 65.9 cm³/mol. The number of hydrogen-bond acceptors (Lipinski definition) is 4. The SMILES string of the molecule is CCNCc1occc1-c1ccnc(OC)c1. The molecule has 90 valence electrons. The van der Waals surface area contributed by atoms with Crippen molar-refractivity contribution in [3.05, 3.63) is 36.4 Å². The Morgan fingerprint density at radius 1 is 1.41 bits per heavy atom. The van der Waals surface area contributed by atoms with Gasteiger partial charge in [-0.25, -0.2) is 4.98 Å². The molecule has 0 aromatic carbocycles. The molecule has 2 rings (SSSR count). The number of rotatable bonds is 5. The second-order valence-corrected chi connectivity index (χ2v) is 3.62. The van der Waals surface area contributed by atoms with Crippen LogP contribution in [0.4, 0.5) is 0 Å². The molecule has 0 aliphatic heterocycles. The lowest BCUT2D eigenvalue weighted by molar-refractivity contribution is 0.398. The fourth-order valence-electron chi connectivity index (χ4n) is 1.66. The number of hydrogen-bond donors (Lipinski definition) is 1. The molecule has 0 atom stereocenters. The van der Waals surface area contributed by atoms with Crippen molar-refractivity contribution in [3.8, 4) is 17.0 Å². The predicted octanol–water partition coefficient (Wildman–Crippen LogP) is 2.46. The number of furan rings is 1. The molecule has 0 unspecified atom stereocenters. The second kappa shape index (κ2) is 5.50. The zero-order chi connectivity index (χ0) is 12.1. The van der Waals surface area contributed by atoms with Crippen molar-refractivity contribution in [2.24, 2.45) is 0 Å². The van der Waals surface area contributed by atoms with Crippen LogP contribution in [0.15, 0.2) is 35.1 Å². The normalized spacial score (nSPS) is 10.5. The van der Waals surface area contributed by atoms with Gasteiger partial charge in [-0.15, -0.1) is 0 Å². The number of aromatic nitrogens is 1. The number of nitrogens with one attached hydrogen (secondary N) is 1. The van der Waals surface area contributed by atoms with Gasteiger partial charge >= 0.3 is 0 Å². The highest BCUT2D eigenvalue weighted by Crippen LogP contribution is 2.26. The highest BCUT2D eigenvalue weighted by Gasteiger charge is 2.09. The van der Waals surface area contributed by atoms with Crippen LogP contribution in [0.25, 0.3) is 11.1 Å². The number of nitrogens with zero attached hydrogens (tertiary/aromatic N) is 1. The molecule has 0 saturated heterocycles. The van der Waals surface area contributed by atoms with E-state index in [9.17, 15) is 0 Å². The first kappa shape index (κ1) is 11.7. The lowest BCUT2D eigenvalue weighted by Crippen LogP contribution is -2.11. The van der Waals surface area contributed by atoms with Crippen molar-refractivity contribution in [3.63, 3.8) is 0 Å². The smallest absolute Gasteiger partial charge is 0.213 e. The molecule has 0 bridgehead atoms. The van der Waals surface area contributed by atoms with Gasteiger partial charge in [-0.1, -0.05) is 6.92 Å². The summed E-state index contributed by atoms with van der Waals surface area (Å²) in [6, 6.07) is 5.81. The minimum absolute atomic E-state index is 0.609. The van der Waals surface area contributed by atoms with Crippen LogP contribution in [-0.2, 0) is 6.54 Å². The molecular weight excluding hydrogens is 216 g/mol. The maximum absolute atomic E-state index is 5.47. The van der Waals surface area contributed by atoms with Crippen LogP contribution in [0.1, 0.15) is 12.7 Å². The van der Waals surface area contributed by atoms with Gasteiger partial charge in [0.2, 0.25) is 5.88 Å². The maximum atomic E-state index is 5.47. The van der Waals surface area contributed by atoms with E-state index in [1.807, 2.05) is 18.2 Å². The first-order valence-electron chi connectivity index (χ1n) is 5.62. The summed E-state index contributed by atoms with van der Waals surface area (Å²) < 4.78 is 10.6. The van der Waals surface area contributed by atoms with Gasteiger partial charge < -0.3 is 14.5 Å². The van der Waals surface area contributed by atoms with Gasteiger partial charge in [-0.2, -0.15) is 0 Å². The van der Waals surface area contributed by atoms with Crippen LogP contribution < -0.4 is 10.1 Å². The third kappa shape index (κ3) is 2.65. The molecule has 2 aromatic rings. The Bertz CT molecular complexity index is 480.